The maximum atomic E-state index is 11.0. The topological polar surface area (TPSA) is 52.6 Å². The van der Waals surface area contributed by atoms with Gasteiger partial charge in [-0.05, 0) is 56.8 Å². The van der Waals surface area contributed by atoms with Gasteiger partial charge in [0.15, 0.2) is 0 Å². The summed E-state index contributed by atoms with van der Waals surface area (Å²) < 4.78 is 0. The fourth-order valence-electron chi connectivity index (χ4n) is 3.12. The van der Waals surface area contributed by atoms with Gasteiger partial charge < -0.3 is 15.3 Å². The highest BCUT2D eigenvalue weighted by Crippen LogP contribution is 2.23. The minimum atomic E-state index is -0.424. The molecule has 1 heterocycles. The van der Waals surface area contributed by atoms with E-state index in [0.717, 1.165) is 43.6 Å². The van der Waals surface area contributed by atoms with Gasteiger partial charge in [0.05, 0.1) is 6.10 Å². The Morgan fingerprint density at radius 1 is 1.36 bits per heavy atom. The molecule has 22 heavy (non-hydrogen) atoms. The number of nitrogens with one attached hydrogen (secondary N) is 1. The molecule has 4 nitrogen and oxygen atoms in total. The first kappa shape index (κ1) is 17.0. The summed E-state index contributed by atoms with van der Waals surface area (Å²) in [6.45, 7) is 9.13. The summed E-state index contributed by atoms with van der Waals surface area (Å²) in [5.74, 6) is 0.616. The molecule has 1 fully saturated rings. The van der Waals surface area contributed by atoms with Gasteiger partial charge in [-0.3, -0.25) is 4.79 Å². The Labute approximate surface area is 133 Å². The lowest BCUT2D eigenvalue weighted by molar-refractivity contribution is -0.119. The first-order valence-electron chi connectivity index (χ1n) is 8.17. The predicted octanol–water partition coefficient (Wildman–Crippen LogP) is 2.18. The highest BCUT2D eigenvalue weighted by molar-refractivity contribution is 5.72. The molecule has 0 radical (unpaired) electrons. The molecule has 1 saturated heterocycles. The number of amides is 1. The molecular formula is C18H28N2O2. The van der Waals surface area contributed by atoms with Crippen LogP contribution in [0.3, 0.4) is 0 Å². The van der Waals surface area contributed by atoms with Gasteiger partial charge in [-0.25, -0.2) is 0 Å². The minimum Gasteiger partial charge on any atom is -0.387 e. The van der Waals surface area contributed by atoms with Crippen molar-refractivity contribution in [2.75, 3.05) is 26.2 Å². The molecule has 1 aliphatic rings. The third kappa shape index (κ3) is 4.82. The van der Waals surface area contributed by atoms with Gasteiger partial charge >= 0.3 is 0 Å². The second-order valence-electron chi connectivity index (χ2n) is 6.56. The van der Waals surface area contributed by atoms with Crippen molar-refractivity contribution in [3.05, 3.63) is 34.9 Å². The van der Waals surface area contributed by atoms with E-state index in [1.54, 1.807) is 6.92 Å². The zero-order chi connectivity index (χ0) is 16.1. The van der Waals surface area contributed by atoms with Crippen LogP contribution in [0.5, 0.6) is 0 Å². The van der Waals surface area contributed by atoms with E-state index in [1.165, 1.54) is 5.56 Å². The van der Waals surface area contributed by atoms with Crippen LogP contribution in [0, 0.1) is 19.8 Å². The zero-order valence-corrected chi connectivity index (χ0v) is 13.9. The molecule has 0 unspecified atom stereocenters. The Morgan fingerprint density at radius 2 is 2.05 bits per heavy atom. The van der Waals surface area contributed by atoms with E-state index < -0.39 is 6.10 Å². The average Bonchev–Trinajstić information content (AvgIpc) is 2.49. The maximum Gasteiger partial charge on any atom is 0.216 e. The molecule has 0 bridgehead atoms. The molecule has 2 N–H and O–H groups in total. The van der Waals surface area contributed by atoms with Crippen molar-refractivity contribution in [3.8, 4) is 0 Å². The number of carbonyl (C=O) groups excluding carboxylic acids is 1. The summed E-state index contributed by atoms with van der Waals surface area (Å²) in [6, 6.07) is 6.25. The first-order valence-corrected chi connectivity index (χ1v) is 8.17. The summed E-state index contributed by atoms with van der Waals surface area (Å²) in [6.07, 6.45) is 1.74. The number of rotatable bonds is 5. The molecule has 122 valence electrons. The van der Waals surface area contributed by atoms with E-state index in [9.17, 15) is 9.90 Å². The van der Waals surface area contributed by atoms with Gasteiger partial charge in [0.1, 0.15) is 0 Å². The number of likely N-dealkylation sites (tertiary alicyclic amines) is 1. The number of carbonyl (C=O) groups is 1. The van der Waals surface area contributed by atoms with Crippen LogP contribution < -0.4 is 5.32 Å². The fraction of sp³-hybridized carbons (Fsp3) is 0.611. The molecule has 0 saturated carbocycles. The number of aliphatic hydroxyl groups is 1. The number of aliphatic hydroxyl groups excluding tert-OH is 1. The van der Waals surface area contributed by atoms with E-state index in [1.807, 2.05) is 0 Å². The van der Waals surface area contributed by atoms with Gasteiger partial charge in [-0.2, -0.15) is 0 Å². The van der Waals surface area contributed by atoms with Gasteiger partial charge in [0.2, 0.25) is 5.91 Å². The number of β-amino-alcohol motifs (C(OH)–C–C–N with tert-alkyl or cyclic N) is 1. The van der Waals surface area contributed by atoms with Crippen molar-refractivity contribution in [2.24, 2.45) is 5.92 Å². The maximum absolute atomic E-state index is 11.0. The van der Waals surface area contributed by atoms with Crippen LogP contribution in [0.25, 0.3) is 0 Å². The third-order valence-corrected chi connectivity index (χ3v) is 4.57. The Balaban J connectivity index is 1.82. The van der Waals surface area contributed by atoms with Crippen molar-refractivity contribution >= 4 is 5.91 Å². The quantitative estimate of drug-likeness (QED) is 0.877. The molecule has 0 aliphatic carbocycles. The Hall–Kier alpha value is -1.39. The van der Waals surface area contributed by atoms with Crippen LogP contribution in [-0.2, 0) is 4.79 Å². The van der Waals surface area contributed by atoms with Gasteiger partial charge in [-0.1, -0.05) is 23.8 Å². The highest BCUT2D eigenvalue weighted by Gasteiger charge is 2.22. The Kier molecular flexibility index (Phi) is 5.98. The molecule has 1 amide bonds. The summed E-state index contributed by atoms with van der Waals surface area (Å²) in [4.78, 5) is 13.3. The molecule has 1 aliphatic heterocycles. The van der Waals surface area contributed by atoms with Crippen molar-refractivity contribution in [2.45, 2.75) is 39.7 Å². The van der Waals surface area contributed by atoms with Crippen LogP contribution in [0.2, 0.25) is 0 Å². The van der Waals surface area contributed by atoms with E-state index in [4.69, 9.17) is 0 Å². The lowest BCUT2D eigenvalue weighted by Gasteiger charge is -2.33. The molecule has 2 rings (SSSR count). The number of nitrogens with zero attached hydrogens (tertiary/aromatic N) is 1. The monoisotopic (exact) mass is 304 g/mol. The van der Waals surface area contributed by atoms with Crippen molar-refractivity contribution < 1.29 is 9.90 Å². The van der Waals surface area contributed by atoms with Crippen LogP contribution in [0.4, 0.5) is 0 Å². The summed E-state index contributed by atoms with van der Waals surface area (Å²) in [5, 5.41) is 13.4. The minimum absolute atomic E-state index is 0.0489. The van der Waals surface area contributed by atoms with E-state index in [2.05, 4.69) is 42.3 Å². The van der Waals surface area contributed by atoms with E-state index >= 15 is 0 Å². The van der Waals surface area contributed by atoms with Crippen molar-refractivity contribution in [1.82, 2.24) is 10.2 Å². The number of hydrogen-bond acceptors (Lipinski definition) is 3. The van der Waals surface area contributed by atoms with Crippen LogP contribution in [-0.4, -0.2) is 42.1 Å². The zero-order valence-electron chi connectivity index (χ0n) is 13.9. The smallest absolute Gasteiger partial charge is 0.216 e. The van der Waals surface area contributed by atoms with Gasteiger partial charge in [0.25, 0.3) is 0 Å². The standard InChI is InChI=1S/C18H28N2O2/c1-13-4-5-14(2)17(10-13)18(22)12-20-8-6-16(7-9-20)11-19-15(3)21/h4-5,10,16,18,22H,6-9,11-12H2,1-3H3,(H,19,21)/t18-/m1/s1. The van der Waals surface area contributed by atoms with Crippen molar-refractivity contribution in [3.63, 3.8) is 0 Å². The lowest BCUT2D eigenvalue weighted by Crippen LogP contribution is -2.40. The molecule has 1 atom stereocenters. The molecule has 1 aromatic carbocycles. The number of benzene rings is 1. The van der Waals surface area contributed by atoms with Crippen molar-refractivity contribution in [1.29, 1.82) is 0 Å². The average molecular weight is 304 g/mol. The Bertz CT molecular complexity index is 508. The summed E-state index contributed by atoms with van der Waals surface area (Å²) in [5.41, 5.74) is 3.38. The SMILES string of the molecule is CC(=O)NCC1CCN(C[C@@H](O)c2cc(C)ccc2C)CC1. The second kappa shape index (κ2) is 7.75. The molecular weight excluding hydrogens is 276 g/mol. The number of piperidine rings is 1. The lowest BCUT2D eigenvalue weighted by atomic mass is 9.95. The number of aryl methyl sites for hydroxylation is 2. The summed E-state index contributed by atoms with van der Waals surface area (Å²) in [7, 11) is 0. The highest BCUT2D eigenvalue weighted by atomic mass is 16.3. The van der Waals surface area contributed by atoms with Crippen LogP contribution in [0.15, 0.2) is 18.2 Å². The fourth-order valence-corrected chi connectivity index (χ4v) is 3.12. The predicted molar refractivity (Wildman–Crippen MR) is 88.7 cm³/mol. The van der Waals surface area contributed by atoms with Crippen LogP contribution in [0.1, 0.15) is 42.6 Å². The first-order chi connectivity index (χ1) is 10.5. The largest absolute Gasteiger partial charge is 0.387 e. The molecule has 0 aromatic heterocycles. The third-order valence-electron chi connectivity index (χ3n) is 4.57. The molecule has 0 spiro atoms. The van der Waals surface area contributed by atoms with Gasteiger partial charge in [0, 0.05) is 20.0 Å². The van der Waals surface area contributed by atoms with Crippen LogP contribution >= 0.6 is 0 Å². The normalized spacial score (nSPS) is 18.2. The molecule has 4 heteroatoms. The Morgan fingerprint density at radius 3 is 2.68 bits per heavy atom. The van der Waals surface area contributed by atoms with E-state index in [-0.39, 0.29) is 5.91 Å². The second-order valence-corrected chi connectivity index (χ2v) is 6.56. The summed E-state index contributed by atoms with van der Waals surface area (Å²) >= 11 is 0. The molecule has 1 aromatic rings. The van der Waals surface area contributed by atoms with Gasteiger partial charge in [-0.15, -0.1) is 0 Å². The number of hydrogen-bond donors (Lipinski definition) is 2. The van der Waals surface area contributed by atoms with E-state index in [0.29, 0.717) is 12.5 Å².